The van der Waals surface area contributed by atoms with Crippen LogP contribution in [0.4, 0.5) is 43.9 Å². The molecule has 0 saturated carbocycles. The average molecular weight is 556 g/mol. The fraction of sp³-hybridized carbons (Fsp3) is 0.280. The van der Waals surface area contributed by atoms with Gasteiger partial charge in [-0.1, -0.05) is 19.8 Å². The summed E-state index contributed by atoms with van der Waals surface area (Å²) in [6.07, 6.45) is -2.73. The molecule has 3 nitrogen and oxygen atoms in total. The second-order valence-corrected chi connectivity index (χ2v) is 8.05. The molecule has 38 heavy (non-hydrogen) atoms. The van der Waals surface area contributed by atoms with Gasteiger partial charge in [-0.05, 0) is 30.5 Å². The number of phenolic OH excluding ortho intramolecular Hbond substituents is 1. The zero-order valence-corrected chi connectivity index (χ0v) is 19.3. The first-order valence-electron chi connectivity index (χ1n) is 11.0. The van der Waals surface area contributed by atoms with Gasteiger partial charge in [-0.15, -0.1) is 0 Å². The number of phenols is 1. The zero-order chi connectivity index (χ0) is 28.4. The summed E-state index contributed by atoms with van der Waals surface area (Å²) in [5.74, 6) is -15.6. The molecule has 13 heteroatoms. The number of alkyl halides is 4. The molecule has 3 aromatic carbocycles. The largest absolute Gasteiger partial charge is 0.507 e. The minimum atomic E-state index is -5.09. The molecular formula is C25H18F10O3. The molecule has 1 N–H and O–H groups in total. The Morgan fingerprint density at radius 3 is 1.89 bits per heavy atom. The summed E-state index contributed by atoms with van der Waals surface area (Å²) in [6.45, 7) is -1.78. The zero-order valence-electron chi connectivity index (χ0n) is 19.3. The van der Waals surface area contributed by atoms with E-state index in [0.717, 1.165) is 25.0 Å². The number of ether oxygens (including phenoxy) is 2. The molecule has 0 heterocycles. The summed E-state index contributed by atoms with van der Waals surface area (Å²) in [7, 11) is 0. The average Bonchev–Trinajstić information content (AvgIpc) is 2.77. The number of aromatic hydroxyl groups is 1. The molecule has 0 aliphatic carbocycles. The monoisotopic (exact) mass is 556 g/mol. The lowest BCUT2D eigenvalue weighted by Gasteiger charge is -2.22. The van der Waals surface area contributed by atoms with E-state index in [9.17, 15) is 44.6 Å². The lowest BCUT2D eigenvalue weighted by molar-refractivity contribution is -0.189. The smallest absolute Gasteiger partial charge is 0.432 e. The van der Waals surface area contributed by atoms with Gasteiger partial charge < -0.3 is 14.6 Å². The van der Waals surface area contributed by atoms with Gasteiger partial charge in [0.25, 0.3) is 0 Å². The molecule has 0 aromatic heterocycles. The van der Waals surface area contributed by atoms with Crippen LogP contribution < -0.4 is 9.47 Å². The lowest BCUT2D eigenvalue weighted by Crippen LogP contribution is -2.26. The predicted molar refractivity (Wildman–Crippen MR) is 114 cm³/mol. The molecule has 0 atom stereocenters. The molecule has 0 amide bonds. The molecule has 0 saturated heterocycles. The van der Waals surface area contributed by atoms with Crippen molar-refractivity contribution in [3.05, 3.63) is 76.4 Å². The molecule has 0 unspecified atom stereocenters. The Hall–Kier alpha value is -3.64. The van der Waals surface area contributed by atoms with Crippen molar-refractivity contribution in [1.82, 2.24) is 0 Å². The van der Waals surface area contributed by atoms with Gasteiger partial charge in [0, 0.05) is 18.2 Å². The van der Waals surface area contributed by atoms with Gasteiger partial charge in [0.05, 0.1) is 11.1 Å². The third-order valence-corrected chi connectivity index (χ3v) is 5.33. The maximum atomic E-state index is 15.2. The predicted octanol–water partition coefficient (Wildman–Crippen LogP) is 8.36. The van der Waals surface area contributed by atoms with Crippen LogP contribution in [0.15, 0.2) is 30.3 Å². The quantitative estimate of drug-likeness (QED) is 0.202. The molecule has 0 fully saturated rings. The maximum absolute atomic E-state index is 15.2. The van der Waals surface area contributed by atoms with Crippen molar-refractivity contribution < 1.29 is 58.5 Å². The fourth-order valence-electron chi connectivity index (χ4n) is 3.70. The summed E-state index contributed by atoms with van der Waals surface area (Å²) in [5, 5.41) is 10.00. The van der Waals surface area contributed by atoms with Crippen LogP contribution in [0.2, 0.25) is 0 Å². The summed E-state index contributed by atoms with van der Waals surface area (Å²) in [4.78, 5) is 0. The minimum absolute atomic E-state index is 0.0254. The third-order valence-electron chi connectivity index (χ3n) is 5.33. The van der Waals surface area contributed by atoms with Gasteiger partial charge >= 0.3 is 12.7 Å². The van der Waals surface area contributed by atoms with Crippen LogP contribution in [-0.4, -0.2) is 11.7 Å². The number of hydrogen-bond acceptors (Lipinski definition) is 3. The van der Waals surface area contributed by atoms with Crippen molar-refractivity contribution in [2.45, 2.75) is 45.3 Å². The second-order valence-electron chi connectivity index (χ2n) is 8.05. The summed E-state index contributed by atoms with van der Waals surface area (Å²) >= 11 is 0. The van der Waals surface area contributed by atoms with E-state index in [1.807, 2.05) is 6.92 Å². The van der Waals surface area contributed by atoms with Crippen molar-refractivity contribution in [2.75, 3.05) is 0 Å². The van der Waals surface area contributed by atoms with Gasteiger partial charge in [-0.2, -0.15) is 17.6 Å². The van der Waals surface area contributed by atoms with Gasteiger partial charge in [0.1, 0.15) is 34.5 Å². The highest BCUT2D eigenvalue weighted by atomic mass is 19.3. The Morgan fingerprint density at radius 2 is 1.37 bits per heavy atom. The number of rotatable bonds is 10. The van der Waals surface area contributed by atoms with Crippen LogP contribution in [0.1, 0.15) is 37.3 Å². The number of halogens is 10. The van der Waals surface area contributed by atoms with E-state index in [2.05, 4.69) is 9.47 Å². The molecule has 3 rings (SSSR count). The van der Waals surface area contributed by atoms with E-state index < -0.39 is 81.6 Å². The lowest BCUT2D eigenvalue weighted by atomic mass is 9.96. The Balaban J connectivity index is 2.06. The molecule has 0 spiro atoms. The SMILES string of the molecule is CCCCCc1cc(F)c(-c2c(O)cc(F)c(C(F)(F)Oc3cc(F)c(OC(F)F)c(F)c3)c2F)c(F)c1. The van der Waals surface area contributed by atoms with Crippen molar-refractivity contribution >= 4 is 0 Å². The summed E-state index contributed by atoms with van der Waals surface area (Å²) in [6, 6.07) is 1.50. The normalized spacial score (nSPS) is 11.8. The van der Waals surface area contributed by atoms with Gasteiger partial charge in [0.15, 0.2) is 23.2 Å². The van der Waals surface area contributed by atoms with E-state index in [-0.39, 0.29) is 30.2 Å². The maximum Gasteiger partial charge on any atom is 0.432 e. The Morgan fingerprint density at radius 1 is 0.789 bits per heavy atom. The first kappa shape index (κ1) is 28.9. The van der Waals surface area contributed by atoms with Crippen molar-refractivity contribution in [1.29, 1.82) is 0 Å². The van der Waals surface area contributed by atoms with E-state index >= 15 is 4.39 Å². The van der Waals surface area contributed by atoms with E-state index in [1.165, 1.54) is 0 Å². The highest BCUT2D eigenvalue weighted by molar-refractivity contribution is 5.73. The number of benzene rings is 3. The van der Waals surface area contributed by atoms with Crippen LogP contribution in [0.3, 0.4) is 0 Å². The van der Waals surface area contributed by atoms with Crippen LogP contribution in [-0.2, 0) is 12.5 Å². The summed E-state index contributed by atoms with van der Waals surface area (Å²) < 4.78 is 149. The van der Waals surface area contributed by atoms with Crippen LogP contribution >= 0.6 is 0 Å². The molecule has 206 valence electrons. The topological polar surface area (TPSA) is 38.7 Å². The molecule has 0 bridgehead atoms. The number of unbranched alkanes of at least 4 members (excludes halogenated alkanes) is 2. The molecular weight excluding hydrogens is 538 g/mol. The number of hydrogen-bond donors (Lipinski definition) is 1. The molecule has 0 aliphatic heterocycles. The van der Waals surface area contributed by atoms with E-state index in [4.69, 9.17) is 0 Å². The third kappa shape index (κ3) is 6.08. The Kier molecular flexibility index (Phi) is 8.68. The van der Waals surface area contributed by atoms with Crippen molar-refractivity contribution in [2.24, 2.45) is 0 Å². The molecule has 0 radical (unpaired) electrons. The first-order valence-corrected chi connectivity index (χ1v) is 11.0. The van der Waals surface area contributed by atoms with Crippen LogP contribution in [0.25, 0.3) is 11.1 Å². The molecule has 3 aromatic rings. The Labute approximate surface area is 209 Å². The summed E-state index contributed by atoms with van der Waals surface area (Å²) in [5.41, 5.74) is -4.83. The van der Waals surface area contributed by atoms with Gasteiger partial charge in [-0.25, -0.2) is 26.3 Å². The highest BCUT2D eigenvalue weighted by Gasteiger charge is 2.43. The standard InChI is InChI=1S/C25H18F10O3/c1-2-3-4-5-11-6-13(26)19(14(27)7-11)20-18(36)10-15(28)21(22(20)31)25(34,35)38-12-8-16(29)23(17(30)9-12)37-24(32)33/h6-10,24,36H,2-5H2,1H3. The van der Waals surface area contributed by atoms with E-state index in [0.29, 0.717) is 6.42 Å². The first-order chi connectivity index (χ1) is 17.8. The minimum Gasteiger partial charge on any atom is -0.507 e. The van der Waals surface area contributed by atoms with E-state index in [1.54, 1.807) is 0 Å². The van der Waals surface area contributed by atoms with Crippen molar-refractivity contribution in [3.8, 4) is 28.4 Å². The molecule has 0 aliphatic rings. The van der Waals surface area contributed by atoms with Gasteiger partial charge in [-0.3, -0.25) is 0 Å². The van der Waals surface area contributed by atoms with Crippen LogP contribution in [0, 0.1) is 34.9 Å². The second kappa shape index (κ2) is 11.4. The fourth-order valence-corrected chi connectivity index (χ4v) is 3.70. The number of aryl methyl sites for hydroxylation is 1. The van der Waals surface area contributed by atoms with Crippen molar-refractivity contribution in [3.63, 3.8) is 0 Å². The Bertz CT molecular complexity index is 1280. The van der Waals surface area contributed by atoms with Gasteiger partial charge in [0.2, 0.25) is 0 Å². The van der Waals surface area contributed by atoms with Crippen LogP contribution in [0.5, 0.6) is 17.2 Å². The highest BCUT2D eigenvalue weighted by Crippen LogP contribution is 2.44.